The predicted molar refractivity (Wildman–Crippen MR) is 115 cm³/mol. The zero-order chi connectivity index (χ0) is 21.8. The number of hydrogen-bond acceptors (Lipinski definition) is 6. The topological polar surface area (TPSA) is 113 Å². The van der Waals surface area contributed by atoms with E-state index in [1.165, 1.54) is 12.5 Å². The molecule has 0 aliphatic carbocycles. The van der Waals surface area contributed by atoms with Crippen LogP contribution in [0, 0.1) is 5.82 Å². The summed E-state index contributed by atoms with van der Waals surface area (Å²) in [5.74, 6) is -0.388. The second-order valence-electron chi connectivity index (χ2n) is 8.62. The molecular formula is C20H26FN7O2S. The highest BCUT2D eigenvalue weighted by molar-refractivity contribution is 7.88. The van der Waals surface area contributed by atoms with E-state index in [-0.39, 0.29) is 11.4 Å². The Labute approximate surface area is 180 Å². The van der Waals surface area contributed by atoms with Crippen molar-refractivity contribution in [1.29, 1.82) is 0 Å². The molecule has 0 radical (unpaired) electrons. The quantitative estimate of drug-likeness (QED) is 0.602. The third kappa shape index (κ3) is 3.45. The summed E-state index contributed by atoms with van der Waals surface area (Å²) in [6.07, 6.45) is 9.39. The highest BCUT2D eigenvalue weighted by Crippen LogP contribution is 2.35. The summed E-state index contributed by atoms with van der Waals surface area (Å²) in [7, 11) is -3.13. The fourth-order valence-electron chi connectivity index (χ4n) is 4.86. The first-order valence-electron chi connectivity index (χ1n) is 10.4. The summed E-state index contributed by atoms with van der Waals surface area (Å²) >= 11 is 0. The molecule has 2 saturated heterocycles. The lowest BCUT2D eigenvalue weighted by atomic mass is 9.86. The van der Waals surface area contributed by atoms with Gasteiger partial charge in [-0.15, -0.1) is 0 Å². The van der Waals surface area contributed by atoms with Gasteiger partial charge in [0.2, 0.25) is 10.0 Å². The van der Waals surface area contributed by atoms with Crippen molar-refractivity contribution in [3.63, 3.8) is 0 Å². The number of fused-ring (bicyclic) bond motifs is 1. The van der Waals surface area contributed by atoms with Crippen LogP contribution in [0.1, 0.15) is 12.8 Å². The molecule has 0 atom stereocenters. The fourth-order valence-corrected chi connectivity index (χ4v) is 5.74. The van der Waals surface area contributed by atoms with E-state index in [1.807, 2.05) is 16.9 Å². The number of nitrogens with one attached hydrogen (secondary N) is 1. The Morgan fingerprint density at radius 1 is 1.29 bits per heavy atom. The maximum absolute atomic E-state index is 14.6. The first-order chi connectivity index (χ1) is 14.8. The largest absolute Gasteiger partial charge is 0.346 e. The van der Waals surface area contributed by atoms with Gasteiger partial charge in [-0.25, -0.2) is 22.1 Å². The van der Waals surface area contributed by atoms with Crippen molar-refractivity contribution in [2.45, 2.75) is 24.4 Å². The highest BCUT2D eigenvalue weighted by atomic mass is 32.2. The second-order valence-corrected chi connectivity index (χ2v) is 10.6. The molecule has 9 nitrogen and oxygen atoms in total. The molecule has 5 rings (SSSR count). The van der Waals surface area contributed by atoms with Crippen LogP contribution >= 0.6 is 0 Å². The standard InChI is InChI=1S/C20H26FN7O2S/c1-31(29,30)27-6-3-15(4-7-27)26-12-20(11-22,13-26)28-10-14(8-25-28)18-16-2-5-23-19(16)24-9-17(18)21/h2,5,8-10,15H,3-4,6-7,11-13,22H2,1H3,(H,23,24). The summed E-state index contributed by atoms with van der Waals surface area (Å²) in [5.41, 5.74) is 7.62. The number of sulfonamides is 1. The van der Waals surface area contributed by atoms with Gasteiger partial charge < -0.3 is 10.7 Å². The molecule has 0 unspecified atom stereocenters. The minimum absolute atomic E-state index is 0.338. The molecule has 2 aliphatic heterocycles. The first-order valence-corrected chi connectivity index (χ1v) is 12.2. The van der Waals surface area contributed by atoms with Gasteiger partial charge in [0.25, 0.3) is 0 Å². The van der Waals surface area contributed by atoms with E-state index in [0.29, 0.717) is 47.8 Å². The van der Waals surface area contributed by atoms with Crippen molar-refractivity contribution in [3.8, 4) is 11.1 Å². The van der Waals surface area contributed by atoms with E-state index >= 15 is 0 Å². The van der Waals surface area contributed by atoms with Crippen molar-refractivity contribution in [2.75, 3.05) is 39.0 Å². The highest BCUT2D eigenvalue weighted by Gasteiger charge is 2.47. The lowest BCUT2D eigenvalue weighted by molar-refractivity contribution is -0.0353. The van der Waals surface area contributed by atoms with Crippen LogP contribution in [-0.4, -0.2) is 82.4 Å². The molecule has 5 heterocycles. The third-order valence-electron chi connectivity index (χ3n) is 6.68. The van der Waals surface area contributed by atoms with E-state index in [4.69, 9.17) is 5.73 Å². The lowest BCUT2D eigenvalue weighted by Crippen LogP contribution is -2.69. The minimum Gasteiger partial charge on any atom is -0.346 e. The van der Waals surface area contributed by atoms with Gasteiger partial charge in [0, 0.05) is 67.7 Å². The number of nitrogens with two attached hydrogens (primary N) is 1. The van der Waals surface area contributed by atoms with Gasteiger partial charge >= 0.3 is 0 Å². The molecule has 0 spiro atoms. The normalized spacial score (nSPS) is 20.9. The van der Waals surface area contributed by atoms with Crippen LogP contribution in [0.3, 0.4) is 0 Å². The van der Waals surface area contributed by atoms with Gasteiger partial charge in [0.15, 0.2) is 0 Å². The SMILES string of the molecule is CS(=O)(=O)N1CCC(N2CC(CN)(n3cc(-c4c(F)cnc5[nH]ccc45)cn3)C2)CC1. The van der Waals surface area contributed by atoms with Crippen LogP contribution in [0.5, 0.6) is 0 Å². The molecule has 3 N–H and O–H groups in total. The van der Waals surface area contributed by atoms with E-state index < -0.39 is 10.0 Å². The second kappa shape index (κ2) is 7.37. The summed E-state index contributed by atoms with van der Waals surface area (Å²) in [5, 5.41) is 5.26. The summed E-state index contributed by atoms with van der Waals surface area (Å²) in [6, 6.07) is 2.15. The summed E-state index contributed by atoms with van der Waals surface area (Å²) in [6.45, 7) is 3.01. The third-order valence-corrected chi connectivity index (χ3v) is 7.98. The first kappa shape index (κ1) is 20.6. The Bertz CT molecular complexity index is 1210. The monoisotopic (exact) mass is 447 g/mol. The van der Waals surface area contributed by atoms with Gasteiger partial charge in [0.1, 0.15) is 17.0 Å². The van der Waals surface area contributed by atoms with Gasteiger partial charge in [0.05, 0.1) is 18.6 Å². The summed E-state index contributed by atoms with van der Waals surface area (Å²) in [4.78, 5) is 9.44. The smallest absolute Gasteiger partial charge is 0.211 e. The number of piperidine rings is 1. The molecule has 2 aliphatic rings. The Hall–Kier alpha value is -2.34. The minimum atomic E-state index is -3.13. The molecule has 11 heteroatoms. The molecule has 0 saturated carbocycles. The maximum atomic E-state index is 14.6. The molecule has 0 amide bonds. The van der Waals surface area contributed by atoms with E-state index in [9.17, 15) is 12.8 Å². The van der Waals surface area contributed by atoms with Crippen LogP contribution < -0.4 is 5.73 Å². The maximum Gasteiger partial charge on any atom is 0.211 e. The Morgan fingerprint density at radius 2 is 2.03 bits per heavy atom. The van der Waals surface area contributed by atoms with Gasteiger partial charge in [-0.3, -0.25) is 9.58 Å². The fraction of sp³-hybridized carbons (Fsp3) is 0.500. The number of H-pyrrole nitrogens is 1. The van der Waals surface area contributed by atoms with E-state index in [0.717, 1.165) is 25.9 Å². The molecular weight excluding hydrogens is 421 g/mol. The van der Waals surface area contributed by atoms with Crippen LogP contribution in [0.25, 0.3) is 22.2 Å². The lowest BCUT2D eigenvalue weighted by Gasteiger charge is -2.54. The number of aromatic nitrogens is 4. The van der Waals surface area contributed by atoms with Crippen molar-refractivity contribution in [3.05, 3.63) is 36.7 Å². The average Bonchev–Trinajstić information content (AvgIpc) is 3.37. The number of likely N-dealkylation sites (tertiary alicyclic amines) is 1. The average molecular weight is 448 g/mol. The zero-order valence-electron chi connectivity index (χ0n) is 17.3. The molecule has 166 valence electrons. The Morgan fingerprint density at radius 3 is 2.71 bits per heavy atom. The predicted octanol–water partition coefficient (Wildman–Crippen LogP) is 0.959. The number of hydrogen-bond donors (Lipinski definition) is 2. The Balaban J connectivity index is 1.33. The van der Waals surface area contributed by atoms with Crippen molar-refractivity contribution in [1.82, 2.24) is 29.0 Å². The Kier molecular flexibility index (Phi) is 4.88. The molecule has 31 heavy (non-hydrogen) atoms. The van der Waals surface area contributed by atoms with Crippen LogP contribution in [0.15, 0.2) is 30.9 Å². The number of rotatable bonds is 5. The molecule has 0 aromatic carbocycles. The number of halogens is 1. The van der Waals surface area contributed by atoms with Crippen LogP contribution in [0.4, 0.5) is 4.39 Å². The number of aromatic amines is 1. The molecule has 2 fully saturated rings. The van der Waals surface area contributed by atoms with Crippen LogP contribution in [0.2, 0.25) is 0 Å². The van der Waals surface area contributed by atoms with Gasteiger partial charge in [-0.1, -0.05) is 0 Å². The van der Waals surface area contributed by atoms with Crippen molar-refractivity contribution in [2.24, 2.45) is 5.73 Å². The number of pyridine rings is 1. The van der Waals surface area contributed by atoms with Crippen molar-refractivity contribution >= 4 is 21.1 Å². The van der Waals surface area contributed by atoms with E-state index in [2.05, 4.69) is 20.0 Å². The van der Waals surface area contributed by atoms with Crippen LogP contribution in [-0.2, 0) is 15.6 Å². The zero-order valence-corrected chi connectivity index (χ0v) is 18.1. The number of nitrogens with zero attached hydrogens (tertiary/aromatic N) is 5. The van der Waals surface area contributed by atoms with Gasteiger partial charge in [-0.05, 0) is 18.9 Å². The molecule has 3 aromatic rings. The van der Waals surface area contributed by atoms with Gasteiger partial charge in [-0.2, -0.15) is 5.10 Å². The molecule has 0 bridgehead atoms. The van der Waals surface area contributed by atoms with Crippen molar-refractivity contribution < 1.29 is 12.8 Å². The molecule has 3 aromatic heterocycles. The summed E-state index contributed by atoms with van der Waals surface area (Å²) < 4.78 is 41.5. The van der Waals surface area contributed by atoms with E-state index in [1.54, 1.807) is 16.7 Å².